The number of benzene rings is 1. The zero-order valence-electron chi connectivity index (χ0n) is 17.0. The molecule has 0 aliphatic rings. The average molecular weight is 426 g/mol. The summed E-state index contributed by atoms with van der Waals surface area (Å²) in [5, 5.41) is 2.77. The van der Waals surface area contributed by atoms with E-state index in [-0.39, 0.29) is 22.8 Å². The van der Waals surface area contributed by atoms with Gasteiger partial charge in [-0.1, -0.05) is 19.1 Å². The Bertz CT molecular complexity index is 1150. The smallest absolute Gasteiger partial charge is 0.252 e. The molecule has 30 heavy (non-hydrogen) atoms. The summed E-state index contributed by atoms with van der Waals surface area (Å²) in [6.07, 6.45) is 3.34. The lowest BCUT2D eigenvalue weighted by molar-refractivity contribution is 0.0947. The van der Waals surface area contributed by atoms with Crippen LogP contribution < -0.4 is 10.2 Å². The van der Waals surface area contributed by atoms with Crippen molar-refractivity contribution in [3.8, 4) is 11.4 Å². The van der Waals surface area contributed by atoms with E-state index in [9.17, 15) is 13.2 Å². The van der Waals surface area contributed by atoms with Crippen molar-refractivity contribution < 1.29 is 13.2 Å². The van der Waals surface area contributed by atoms with Gasteiger partial charge in [-0.25, -0.2) is 18.4 Å². The Morgan fingerprint density at radius 1 is 1.10 bits per heavy atom. The molecule has 3 rings (SSSR count). The molecular weight excluding hydrogens is 402 g/mol. The van der Waals surface area contributed by atoms with E-state index in [1.165, 1.54) is 12.1 Å². The number of carbonyl (C=O) groups excluding carboxylic acids is 1. The molecule has 0 spiro atoms. The van der Waals surface area contributed by atoms with Crippen molar-refractivity contribution >= 4 is 21.6 Å². The van der Waals surface area contributed by atoms with Gasteiger partial charge in [0, 0.05) is 38.1 Å². The van der Waals surface area contributed by atoms with E-state index in [0.717, 1.165) is 5.56 Å². The minimum absolute atomic E-state index is 0.0257. The Kier molecular flexibility index (Phi) is 6.41. The fraction of sp³-hybridized carbons (Fsp3) is 0.238. The van der Waals surface area contributed by atoms with Crippen molar-refractivity contribution in [1.29, 1.82) is 0 Å². The first-order chi connectivity index (χ1) is 14.3. The summed E-state index contributed by atoms with van der Waals surface area (Å²) in [5.41, 5.74) is 1.47. The van der Waals surface area contributed by atoms with E-state index in [1.54, 1.807) is 43.6 Å². The van der Waals surface area contributed by atoms with Gasteiger partial charge in [-0.3, -0.25) is 9.78 Å². The second-order valence-corrected chi connectivity index (χ2v) is 9.01. The standard InChI is InChI=1S/C21H23N5O3S/c1-4-30(28,29)18-10-6-5-9-17(18)21(27)23-14-16-12-19(26(2)3)25-20(24-16)15-8-7-11-22-13-15/h5-13H,4,14H2,1-3H3,(H,23,27). The highest BCUT2D eigenvalue weighted by atomic mass is 32.2. The number of aromatic nitrogens is 3. The fourth-order valence-electron chi connectivity index (χ4n) is 2.77. The summed E-state index contributed by atoms with van der Waals surface area (Å²) in [6, 6.07) is 11.6. The van der Waals surface area contributed by atoms with Crippen molar-refractivity contribution in [2.24, 2.45) is 0 Å². The number of hydrogen-bond donors (Lipinski definition) is 1. The molecule has 1 aromatic carbocycles. The van der Waals surface area contributed by atoms with Crippen LogP contribution in [0.5, 0.6) is 0 Å². The summed E-state index contributed by atoms with van der Waals surface area (Å²) in [7, 11) is 0.212. The van der Waals surface area contributed by atoms with Gasteiger partial charge in [0.05, 0.1) is 28.5 Å². The van der Waals surface area contributed by atoms with Crippen molar-refractivity contribution in [1.82, 2.24) is 20.3 Å². The van der Waals surface area contributed by atoms with Crippen molar-refractivity contribution in [3.63, 3.8) is 0 Å². The van der Waals surface area contributed by atoms with Crippen LogP contribution in [-0.2, 0) is 16.4 Å². The van der Waals surface area contributed by atoms with Gasteiger partial charge in [0.2, 0.25) is 0 Å². The van der Waals surface area contributed by atoms with Crippen LogP contribution in [0.2, 0.25) is 0 Å². The lowest BCUT2D eigenvalue weighted by Gasteiger charge is -2.15. The first kappa shape index (κ1) is 21.4. The quantitative estimate of drug-likeness (QED) is 0.619. The Morgan fingerprint density at radius 2 is 1.87 bits per heavy atom. The number of nitrogens with zero attached hydrogens (tertiary/aromatic N) is 4. The number of anilines is 1. The predicted molar refractivity (Wildman–Crippen MR) is 115 cm³/mol. The Labute approximate surface area is 175 Å². The topological polar surface area (TPSA) is 105 Å². The molecule has 0 bridgehead atoms. The zero-order valence-corrected chi connectivity index (χ0v) is 17.8. The van der Waals surface area contributed by atoms with E-state index >= 15 is 0 Å². The van der Waals surface area contributed by atoms with Gasteiger partial charge < -0.3 is 10.2 Å². The van der Waals surface area contributed by atoms with Crippen LogP contribution in [0.3, 0.4) is 0 Å². The predicted octanol–water partition coefficient (Wildman–Crippen LogP) is 2.33. The summed E-state index contributed by atoms with van der Waals surface area (Å²) in [6.45, 7) is 1.67. The first-order valence-corrected chi connectivity index (χ1v) is 11.0. The molecule has 2 aromatic heterocycles. The van der Waals surface area contributed by atoms with Gasteiger partial charge in [0.1, 0.15) is 5.82 Å². The van der Waals surface area contributed by atoms with Crippen LogP contribution in [0.25, 0.3) is 11.4 Å². The van der Waals surface area contributed by atoms with Gasteiger partial charge in [-0.15, -0.1) is 0 Å². The largest absolute Gasteiger partial charge is 0.363 e. The van der Waals surface area contributed by atoms with E-state index < -0.39 is 15.7 Å². The third-order valence-corrected chi connectivity index (χ3v) is 6.21. The lowest BCUT2D eigenvalue weighted by atomic mass is 10.2. The number of hydrogen-bond acceptors (Lipinski definition) is 7. The minimum Gasteiger partial charge on any atom is -0.363 e. The van der Waals surface area contributed by atoms with Crippen LogP contribution in [0.1, 0.15) is 23.0 Å². The fourth-order valence-corrected chi connectivity index (χ4v) is 3.87. The van der Waals surface area contributed by atoms with Crippen molar-refractivity contribution in [2.45, 2.75) is 18.4 Å². The molecule has 0 fully saturated rings. The van der Waals surface area contributed by atoms with E-state index in [2.05, 4.69) is 20.3 Å². The SMILES string of the molecule is CCS(=O)(=O)c1ccccc1C(=O)NCc1cc(N(C)C)nc(-c2cccnc2)n1. The Morgan fingerprint density at radius 3 is 2.53 bits per heavy atom. The average Bonchev–Trinajstić information content (AvgIpc) is 2.77. The summed E-state index contributed by atoms with van der Waals surface area (Å²) in [5.74, 6) is 0.620. The molecule has 0 atom stereocenters. The third-order valence-electron chi connectivity index (χ3n) is 4.42. The highest BCUT2D eigenvalue weighted by Gasteiger charge is 2.20. The molecule has 1 N–H and O–H groups in total. The molecule has 2 heterocycles. The molecule has 0 saturated heterocycles. The number of sulfone groups is 1. The van der Waals surface area contributed by atoms with Crippen LogP contribution in [0.15, 0.2) is 59.8 Å². The summed E-state index contributed by atoms with van der Waals surface area (Å²) in [4.78, 5) is 27.8. The lowest BCUT2D eigenvalue weighted by Crippen LogP contribution is -2.26. The molecule has 0 aliphatic heterocycles. The summed E-state index contributed by atoms with van der Waals surface area (Å²) >= 11 is 0. The molecule has 9 heteroatoms. The van der Waals surface area contributed by atoms with Gasteiger partial charge in [-0.2, -0.15) is 0 Å². The second-order valence-electron chi connectivity index (χ2n) is 6.76. The maximum atomic E-state index is 12.7. The number of carbonyl (C=O) groups is 1. The van der Waals surface area contributed by atoms with E-state index in [0.29, 0.717) is 17.3 Å². The van der Waals surface area contributed by atoms with E-state index in [1.807, 2.05) is 25.1 Å². The second kappa shape index (κ2) is 9.00. The Hall–Kier alpha value is -3.33. The van der Waals surface area contributed by atoms with Crippen LogP contribution in [0, 0.1) is 0 Å². The molecule has 0 aliphatic carbocycles. The van der Waals surface area contributed by atoms with Gasteiger partial charge in [0.25, 0.3) is 5.91 Å². The van der Waals surface area contributed by atoms with Gasteiger partial charge in [-0.05, 0) is 24.3 Å². The first-order valence-electron chi connectivity index (χ1n) is 9.37. The number of rotatable bonds is 7. The molecule has 156 valence electrons. The number of amides is 1. The molecular formula is C21H23N5O3S. The highest BCUT2D eigenvalue weighted by molar-refractivity contribution is 7.91. The van der Waals surface area contributed by atoms with Crippen LogP contribution in [0.4, 0.5) is 5.82 Å². The number of nitrogens with one attached hydrogen (secondary N) is 1. The maximum Gasteiger partial charge on any atom is 0.252 e. The minimum atomic E-state index is -3.52. The summed E-state index contributed by atoms with van der Waals surface area (Å²) < 4.78 is 24.6. The van der Waals surface area contributed by atoms with Gasteiger partial charge in [0.15, 0.2) is 15.7 Å². The monoisotopic (exact) mass is 425 g/mol. The molecule has 0 radical (unpaired) electrons. The van der Waals surface area contributed by atoms with Crippen molar-refractivity contribution in [3.05, 3.63) is 66.1 Å². The van der Waals surface area contributed by atoms with E-state index in [4.69, 9.17) is 0 Å². The van der Waals surface area contributed by atoms with Crippen LogP contribution in [-0.4, -0.2) is 49.1 Å². The third kappa shape index (κ3) is 4.80. The zero-order chi connectivity index (χ0) is 21.7. The Balaban J connectivity index is 1.88. The van der Waals surface area contributed by atoms with Crippen molar-refractivity contribution in [2.75, 3.05) is 24.7 Å². The molecule has 0 saturated carbocycles. The molecule has 8 nitrogen and oxygen atoms in total. The normalized spacial score (nSPS) is 11.2. The molecule has 0 unspecified atom stereocenters. The van der Waals surface area contributed by atoms with Gasteiger partial charge >= 0.3 is 0 Å². The molecule has 3 aromatic rings. The highest BCUT2D eigenvalue weighted by Crippen LogP contribution is 2.20. The van der Waals surface area contributed by atoms with Crippen LogP contribution >= 0.6 is 0 Å². The number of pyridine rings is 1. The molecule has 1 amide bonds. The maximum absolute atomic E-state index is 12.7.